The fraction of sp³-hybridized carbons (Fsp3) is 0. The van der Waals surface area contributed by atoms with E-state index in [4.69, 9.17) is 4.55 Å². The third-order valence-electron chi connectivity index (χ3n) is 1.17. The Balaban J connectivity index is 2.69. The SMILES string of the molecule is O=C(NSO)c1ccccc1. The van der Waals surface area contributed by atoms with E-state index < -0.39 is 0 Å². The zero-order valence-electron chi connectivity index (χ0n) is 5.65. The zero-order chi connectivity index (χ0) is 8.10. The Kier molecular flexibility index (Phi) is 2.95. The van der Waals surface area contributed by atoms with E-state index in [9.17, 15) is 4.79 Å². The van der Waals surface area contributed by atoms with E-state index in [1.165, 1.54) is 0 Å². The van der Waals surface area contributed by atoms with Crippen LogP contribution in [0.2, 0.25) is 0 Å². The molecule has 0 aliphatic rings. The molecule has 0 atom stereocenters. The second-order valence-electron chi connectivity index (χ2n) is 1.89. The van der Waals surface area contributed by atoms with Gasteiger partial charge in [-0.3, -0.25) is 9.52 Å². The van der Waals surface area contributed by atoms with Crippen molar-refractivity contribution in [2.75, 3.05) is 0 Å². The van der Waals surface area contributed by atoms with Gasteiger partial charge in [0.2, 0.25) is 0 Å². The van der Waals surface area contributed by atoms with Gasteiger partial charge in [-0.05, 0) is 12.1 Å². The second kappa shape index (κ2) is 4.00. The molecule has 0 saturated carbocycles. The quantitative estimate of drug-likeness (QED) is 0.521. The van der Waals surface area contributed by atoms with Gasteiger partial charge in [0.1, 0.15) is 12.2 Å². The summed E-state index contributed by atoms with van der Waals surface area (Å²) < 4.78 is 10.5. The summed E-state index contributed by atoms with van der Waals surface area (Å²) in [6.07, 6.45) is 0. The molecule has 2 N–H and O–H groups in total. The van der Waals surface area contributed by atoms with Crippen LogP contribution in [0.1, 0.15) is 10.4 Å². The third-order valence-corrected chi connectivity index (χ3v) is 1.45. The average Bonchev–Trinajstić information content (AvgIpc) is 2.07. The van der Waals surface area contributed by atoms with Crippen molar-refractivity contribution in [3.8, 4) is 0 Å². The first-order chi connectivity index (χ1) is 5.34. The monoisotopic (exact) mass is 169 g/mol. The van der Waals surface area contributed by atoms with Crippen molar-refractivity contribution >= 4 is 18.1 Å². The lowest BCUT2D eigenvalue weighted by Gasteiger charge is -1.97. The van der Waals surface area contributed by atoms with E-state index in [2.05, 4.69) is 4.72 Å². The van der Waals surface area contributed by atoms with Crippen molar-refractivity contribution in [1.82, 2.24) is 4.72 Å². The van der Waals surface area contributed by atoms with Crippen molar-refractivity contribution in [2.45, 2.75) is 0 Å². The summed E-state index contributed by atoms with van der Waals surface area (Å²) in [6, 6.07) is 8.69. The van der Waals surface area contributed by atoms with Crippen LogP contribution in [-0.4, -0.2) is 10.5 Å². The van der Waals surface area contributed by atoms with Crippen LogP contribution in [0, 0.1) is 0 Å². The molecule has 3 nitrogen and oxygen atoms in total. The number of amides is 1. The molecule has 1 aromatic rings. The number of hydrogen-bond donors (Lipinski definition) is 2. The second-order valence-corrected chi connectivity index (χ2v) is 2.28. The molecule has 0 bridgehead atoms. The molecule has 0 saturated heterocycles. The number of rotatable bonds is 2. The standard InChI is InChI=1S/C7H7NO2S/c9-7(8-11-10)6-4-2-1-3-5-6/h1-5,10H,(H,8,9). The summed E-state index contributed by atoms with van der Waals surface area (Å²) in [5, 5.41) is 0. The highest BCUT2D eigenvalue weighted by Crippen LogP contribution is 1.99. The van der Waals surface area contributed by atoms with Gasteiger partial charge < -0.3 is 4.55 Å². The molecule has 0 fully saturated rings. The molecular formula is C7H7NO2S. The van der Waals surface area contributed by atoms with E-state index in [0.29, 0.717) is 17.8 Å². The topological polar surface area (TPSA) is 49.3 Å². The van der Waals surface area contributed by atoms with E-state index in [1.54, 1.807) is 24.3 Å². The van der Waals surface area contributed by atoms with Gasteiger partial charge in [0.05, 0.1) is 0 Å². The largest absolute Gasteiger partial charge is 0.312 e. The molecule has 0 unspecified atom stereocenters. The summed E-state index contributed by atoms with van der Waals surface area (Å²) in [5.74, 6) is -0.293. The molecule has 0 aliphatic carbocycles. The van der Waals surface area contributed by atoms with Crippen LogP contribution in [0.15, 0.2) is 30.3 Å². The van der Waals surface area contributed by atoms with Crippen molar-refractivity contribution in [2.24, 2.45) is 0 Å². The summed E-state index contributed by atoms with van der Waals surface area (Å²) in [7, 11) is 0. The zero-order valence-corrected chi connectivity index (χ0v) is 6.47. The van der Waals surface area contributed by atoms with Crippen LogP contribution >= 0.6 is 12.2 Å². The van der Waals surface area contributed by atoms with E-state index in [1.807, 2.05) is 6.07 Å². The molecule has 0 spiro atoms. The predicted molar refractivity (Wildman–Crippen MR) is 44.1 cm³/mol. The van der Waals surface area contributed by atoms with Crippen LogP contribution in [-0.2, 0) is 0 Å². The first kappa shape index (κ1) is 8.10. The maximum Gasteiger partial charge on any atom is 0.262 e. The van der Waals surface area contributed by atoms with Crippen LogP contribution in [0.5, 0.6) is 0 Å². The summed E-state index contributed by atoms with van der Waals surface area (Å²) in [4.78, 5) is 11.0. The van der Waals surface area contributed by atoms with Crippen LogP contribution < -0.4 is 4.72 Å². The lowest BCUT2D eigenvalue weighted by Crippen LogP contribution is -2.14. The van der Waals surface area contributed by atoms with E-state index >= 15 is 0 Å². The molecule has 1 amide bonds. The van der Waals surface area contributed by atoms with Gasteiger partial charge >= 0.3 is 0 Å². The lowest BCUT2D eigenvalue weighted by molar-refractivity contribution is 0.0983. The number of benzene rings is 1. The summed E-state index contributed by atoms with van der Waals surface area (Å²) >= 11 is 0.305. The van der Waals surface area contributed by atoms with E-state index in [-0.39, 0.29) is 5.91 Å². The minimum absolute atomic E-state index is 0.293. The number of carbonyl (C=O) groups excluding carboxylic acids is 1. The molecular weight excluding hydrogens is 162 g/mol. The number of hydrogen-bond acceptors (Lipinski definition) is 3. The fourth-order valence-electron chi connectivity index (χ4n) is 0.690. The van der Waals surface area contributed by atoms with Crippen molar-refractivity contribution in [3.05, 3.63) is 35.9 Å². The summed E-state index contributed by atoms with van der Waals surface area (Å²) in [5.41, 5.74) is 0.536. The van der Waals surface area contributed by atoms with Crippen molar-refractivity contribution in [3.63, 3.8) is 0 Å². The number of carbonyl (C=O) groups is 1. The molecule has 58 valence electrons. The Bertz CT molecular complexity index is 237. The minimum Gasteiger partial charge on any atom is -0.312 e. The molecule has 0 heterocycles. The van der Waals surface area contributed by atoms with Gasteiger partial charge in [-0.15, -0.1) is 0 Å². The Morgan fingerprint density at radius 1 is 1.36 bits per heavy atom. The molecule has 1 aromatic carbocycles. The predicted octanol–water partition coefficient (Wildman–Crippen LogP) is 1.54. The van der Waals surface area contributed by atoms with Crippen LogP contribution in [0.25, 0.3) is 0 Å². The smallest absolute Gasteiger partial charge is 0.262 e. The molecule has 1 rings (SSSR count). The maximum absolute atomic E-state index is 11.0. The van der Waals surface area contributed by atoms with Crippen molar-refractivity contribution < 1.29 is 9.35 Å². The highest BCUT2D eigenvalue weighted by Gasteiger charge is 2.01. The van der Waals surface area contributed by atoms with Gasteiger partial charge in [0, 0.05) is 5.56 Å². The number of nitrogens with one attached hydrogen (secondary N) is 1. The third kappa shape index (κ3) is 2.25. The molecule has 0 radical (unpaired) electrons. The molecule has 11 heavy (non-hydrogen) atoms. The lowest BCUT2D eigenvalue weighted by atomic mass is 10.2. The Morgan fingerprint density at radius 3 is 2.55 bits per heavy atom. The van der Waals surface area contributed by atoms with Crippen LogP contribution in [0.3, 0.4) is 0 Å². The molecule has 4 heteroatoms. The Morgan fingerprint density at radius 2 is 2.00 bits per heavy atom. The summed E-state index contributed by atoms with van der Waals surface area (Å²) in [6.45, 7) is 0. The average molecular weight is 169 g/mol. The Labute approximate surface area is 68.8 Å². The molecule has 0 aromatic heterocycles. The first-order valence-corrected chi connectivity index (χ1v) is 3.77. The normalized spacial score (nSPS) is 9.18. The van der Waals surface area contributed by atoms with Gasteiger partial charge in [-0.1, -0.05) is 18.2 Å². The fourth-order valence-corrected chi connectivity index (χ4v) is 0.891. The minimum atomic E-state index is -0.293. The van der Waals surface area contributed by atoms with Gasteiger partial charge in [-0.25, -0.2) is 0 Å². The highest BCUT2D eigenvalue weighted by molar-refractivity contribution is 7.92. The first-order valence-electron chi connectivity index (χ1n) is 3.00. The van der Waals surface area contributed by atoms with Crippen molar-refractivity contribution in [1.29, 1.82) is 0 Å². The van der Waals surface area contributed by atoms with E-state index in [0.717, 1.165) is 0 Å². The molecule has 0 aliphatic heterocycles. The van der Waals surface area contributed by atoms with Gasteiger partial charge in [-0.2, -0.15) is 0 Å². The van der Waals surface area contributed by atoms with Gasteiger partial charge in [0.15, 0.2) is 0 Å². The maximum atomic E-state index is 11.0. The Hall–Kier alpha value is -1.00. The highest BCUT2D eigenvalue weighted by atomic mass is 32.2. The van der Waals surface area contributed by atoms with Gasteiger partial charge in [0.25, 0.3) is 5.91 Å². The van der Waals surface area contributed by atoms with Crippen LogP contribution in [0.4, 0.5) is 0 Å².